The highest BCUT2D eigenvalue weighted by Crippen LogP contribution is 2.39. The summed E-state index contributed by atoms with van der Waals surface area (Å²) >= 11 is 2.54. The molecule has 2 aliphatic carbocycles. The van der Waals surface area contributed by atoms with Gasteiger partial charge >= 0.3 is 0 Å². The Labute approximate surface area is 127 Å². The van der Waals surface area contributed by atoms with Crippen LogP contribution in [0.2, 0.25) is 0 Å². The third-order valence-corrected chi connectivity index (χ3v) is 6.51. The molecule has 0 aliphatic heterocycles. The Bertz CT molecular complexity index is 229. The van der Waals surface area contributed by atoms with Crippen LogP contribution in [-0.4, -0.2) is 16.6 Å². The lowest BCUT2D eigenvalue weighted by molar-refractivity contribution is -0.0657. The summed E-state index contributed by atoms with van der Waals surface area (Å²) in [5.41, 5.74) is 0.245. The van der Waals surface area contributed by atoms with E-state index in [9.17, 15) is 0 Å². The van der Waals surface area contributed by atoms with Crippen LogP contribution in [-0.2, 0) is 4.74 Å². The van der Waals surface area contributed by atoms with Crippen molar-refractivity contribution < 1.29 is 4.74 Å². The Kier molecular flexibility index (Phi) is 6.26. The zero-order valence-electron chi connectivity index (χ0n) is 11.9. The Balaban J connectivity index is 1.69. The molecule has 2 rings (SSSR count). The first kappa shape index (κ1) is 15.1. The van der Waals surface area contributed by atoms with Gasteiger partial charge in [-0.1, -0.05) is 61.6 Å². The number of halogens is 1. The van der Waals surface area contributed by atoms with Crippen LogP contribution in [0.25, 0.3) is 0 Å². The van der Waals surface area contributed by atoms with E-state index in [-0.39, 0.29) is 5.60 Å². The molecule has 0 aromatic heterocycles. The zero-order valence-corrected chi connectivity index (χ0v) is 14.1. The minimum Gasteiger partial charge on any atom is -0.374 e. The molecule has 0 atom stereocenters. The van der Waals surface area contributed by atoms with Gasteiger partial charge in [-0.25, -0.2) is 0 Å². The molecular weight excluding hydrogens is 335 g/mol. The maximum absolute atomic E-state index is 6.35. The average molecular weight is 364 g/mol. The molecule has 0 saturated heterocycles. The zero-order chi connectivity index (χ0) is 12.8. The highest BCUT2D eigenvalue weighted by Gasteiger charge is 2.35. The van der Waals surface area contributed by atoms with E-state index in [1.807, 2.05) is 0 Å². The molecule has 106 valence electrons. The number of hydrogen-bond acceptors (Lipinski definition) is 1. The second kappa shape index (κ2) is 7.47. The van der Waals surface area contributed by atoms with E-state index in [0.717, 1.165) is 18.4 Å². The molecule has 0 amide bonds. The molecule has 18 heavy (non-hydrogen) atoms. The van der Waals surface area contributed by atoms with Gasteiger partial charge in [0.1, 0.15) is 0 Å². The second-order valence-corrected chi connectivity index (χ2v) is 7.25. The van der Waals surface area contributed by atoms with Crippen molar-refractivity contribution in [2.45, 2.75) is 76.7 Å². The Morgan fingerprint density at radius 2 is 1.72 bits per heavy atom. The van der Waals surface area contributed by atoms with Crippen LogP contribution in [0.3, 0.4) is 0 Å². The standard InChI is InChI=1S/C16H29IO/c1-2-4-14-7-10-16(13-17,11-8-14)18-12-9-15-5-3-6-15/h14-15H,2-13H2,1H3. The lowest BCUT2D eigenvalue weighted by Crippen LogP contribution is -2.39. The van der Waals surface area contributed by atoms with Crippen LogP contribution in [0, 0.1) is 11.8 Å². The summed E-state index contributed by atoms with van der Waals surface area (Å²) < 4.78 is 7.53. The summed E-state index contributed by atoms with van der Waals surface area (Å²) in [7, 11) is 0. The van der Waals surface area contributed by atoms with Crippen LogP contribution in [0.15, 0.2) is 0 Å². The average Bonchev–Trinajstić information content (AvgIpc) is 2.35. The predicted molar refractivity (Wildman–Crippen MR) is 86.4 cm³/mol. The summed E-state index contributed by atoms with van der Waals surface area (Å²) in [6, 6.07) is 0. The van der Waals surface area contributed by atoms with Crippen molar-refractivity contribution in [1.29, 1.82) is 0 Å². The smallest absolute Gasteiger partial charge is 0.0771 e. The number of alkyl halides is 1. The summed E-state index contributed by atoms with van der Waals surface area (Å²) in [5.74, 6) is 1.98. The number of hydrogen-bond donors (Lipinski definition) is 0. The van der Waals surface area contributed by atoms with Crippen LogP contribution in [0.1, 0.15) is 71.1 Å². The van der Waals surface area contributed by atoms with Gasteiger partial charge in [0.25, 0.3) is 0 Å². The molecule has 0 spiro atoms. The summed E-state index contributed by atoms with van der Waals surface area (Å²) in [6.45, 7) is 3.33. The number of rotatable bonds is 7. The van der Waals surface area contributed by atoms with Gasteiger partial charge in [0.2, 0.25) is 0 Å². The van der Waals surface area contributed by atoms with Crippen molar-refractivity contribution in [2.24, 2.45) is 11.8 Å². The van der Waals surface area contributed by atoms with Crippen molar-refractivity contribution in [3.63, 3.8) is 0 Å². The monoisotopic (exact) mass is 364 g/mol. The van der Waals surface area contributed by atoms with Crippen LogP contribution in [0.5, 0.6) is 0 Å². The normalized spacial score (nSPS) is 33.3. The molecule has 2 fully saturated rings. The minimum absolute atomic E-state index is 0.245. The van der Waals surface area contributed by atoms with Gasteiger partial charge in [0.15, 0.2) is 0 Å². The molecule has 2 saturated carbocycles. The topological polar surface area (TPSA) is 9.23 Å². The fourth-order valence-electron chi connectivity index (χ4n) is 3.44. The van der Waals surface area contributed by atoms with Crippen LogP contribution in [0.4, 0.5) is 0 Å². The van der Waals surface area contributed by atoms with Crippen molar-refractivity contribution in [3.05, 3.63) is 0 Å². The Morgan fingerprint density at radius 3 is 2.22 bits per heavy atom. The Hall–Kier alpha value is 0.690. The van der Waals surface area contributed by atoms with Crippen molar-refractivity contribution >= 4 is 22.6 Å². The molecule has 1 nitrogen and oxygen atoms in total. The van der Waals surface area contributed by atoms with Gasteiger partial charge in [0, 0.05) is 11.0 Å². The van der Waals surface area contributed by atoms with Gasteiger partial charge in [0.05, 0.1) is 5.60 Å². The first-order chi connectivity index (χ1) is 8.78. The first-order valence-electron chi connectivity index (χ1n) is 7.98. The van der Waals surface area contributed by atoms with Crippen molar-refractivity contribution in [1.82, 2.24) is 0 Å². The van der Waals surface area contributed by atoms with Gasteiger partial charge in [-0.15, -0.1) is 0 Å². The van der Waals surface area contributed by atoms with E-state index in [1.165, 1.54) is 68.6 Å². The maximum Gasteiger partial charge on any atom is 0.0771 e. The molecule has 0 aromatic rings. The van der Waals surface area contributed by atoms with E-state index >= 15 is 0 Å². The van der Waals surface area contributed by atoms with E-state index in [2.05, 4.69) is 29.5 Å². The third-order valence-electron chi connectivity index (χ3n) is 5.12. The highest BCUT2D eigenvalue weighted by atomic mass is 127. The molecule has 0 heterocycles. The van der Waals surface area contributed by atoms with E-state index in [4.69, 9.17) is 4.74 Å². The van der Waals surface area contributed by atoms with Crippen molar-refractivity contribution in [2.75, 3.05) is 11.0 Å². The SMILES string of the molecule is CCCC1CCC(CI)(OCCC2CCC2)CC1. The summed E-state index contributed by atoms with van der Waals surface area (Å²) in [6.07, 6.45) is 13.9. The first-order valence-corrected chi connectivity index (χ1v) is 9.50. The lowest BCUT2D eigenvalue weighted by atomic mass is 9.78. The largest absolute Gasteiger partial charge is 0.374 e. The summed E-state index contributed by atoms with van der Waals surface area (Å²) in [4.78, 5) is 0. The molecule has 0 N–H and O–H groups in total. The predicted octanol–water partition coefficient (Wildman–Crippen LogP) is 5.36. The second-order valence-electron chi connectivity index (χ2n) is 6.48. The molecule has 0 aromatic carbocycles. The van der Waals surface area contributed by atoms with E-state index in [1.54, 1.807) is 0 Å². The molecular formula is C16H29IO. The lowest BCUT2D eigenvalue weighted by Gasteiger charge is -2.39. The Morgan fingerprint density at radius 1 is 1.06 bits per heavy atom. The van der Waals surface area contributed by atoms with E-state index in [0.29, 0.717) is 0 Å². The van der Waals surface area contributed by atoms with Gasteiger partial charge in [-0.05, 0) is 43.9 Å². The third kappa shape index (κ3) is 4.09. The van der Waals surface area contributed by atoms with Gasteiger partial charge in [-0.2, -0.15) is 0 Å². The van der Waals surface area contributed by atoms with E-state index < -0.39 is 0 Å². The molecule has 0 unspecified atom stereocenters. The molecule has 0 radical (unpaired) electrons. The number of ether oxygens (including phenoxy) is 1. The molecule has 0 bridgehead atoms. The quantitative estimate of drug-likeness (QED) is 0.437. The molecule has 2 heteroatoms. The fourth-order valence-corrected chi connectivity index (χ4v) is 4.42. The molecule has 2 aliphatic rings. The van der Waals surface area contributed by atoms with Gasteiger partial charge < -0.3 is 4.74 Å². The van der Waals surface area contributed by atoms with Crippen LogP contribution >= 0.6 is 22.6 Å². The highest BCUT2D eigenvalue weighted by molar-refractivity contribution is 14.1. The fraction of sp³-hybridized carbons (Fsp3) is 1.00. The van der Waals surface area contributed by atoms with Gasteiger partial charge in [-0.3, -0.25) is 0 Å². The van der Waals surface area contributed by atoms with Crippen LogP contribution < -0.4 is 0 Å². The maximum atomic E-state index is 6.35. The minimum atomic E-state index is 0.245. The van der Waals surface area contributed by atoms with Crippen molar-refractivity contribution in [3.8, 4) is 0 Å². The summed E-state index contributed by atoms with van der Waals surface area (Å²) in [5, 5.41) is 0.